The third kappa shape index (κ3) is 4.05. The second kappa shape index (κ2) is 6.28. The largest absolute Gasteiger partial charge is 0.314 e. The van der Waals surface area contributed by atoms with E-state index >= 15 is 0 Å². The Hall–Kier alpha value is -0.960. The second-order valence-corrected chi connectivity index (χ2v) is 5.57. The first kappa shape index (κ1) is 15.1. The van der Waals surface area contributed by atoms with Gasteiger partial charge in [-0.15, -0.1) is 0 Å². The van der Waals surface area contributed by atoms with Crippen LogP contribution < -0.4 is 5.32 Å². The minimum atomic E-state index is -0.524. The fraction of sp³-hybridized carbons (Fsp3) is 0.600. The van der Waals surface area contributed by atoms with Gasteiger partial charge < -0.3 is 5.32 Å². The third-order valence-corrected chi connectivity index (χ3v) is 3.22. The van der Waals surface area contributed by atoms with Crippen molar-refractivity contribution in [3.8, 4) is 0 Å². The van der Waals surface area contributed by atoms with Gasteiger partial charge in [0.05, 0.1) is 0 Å². The van der Waals surface area contributed by atoms with Crippen LogP contribution in [0.1, 0.15) is 46.1 Å². The Kier molecular flexibility index (Phi) is 5.27. The maximum absolute atomic E-state index is 13.8. The summed E-state index contributed by atoms with van der Waals surface area (Å²) in [6, 6.07) is 4.15. The van der Waals surface area contributed by atoms with Gasteiger partial charge in [0.15, 0.2) is 0 Å². The Labute approximate surface area is 109 Å². The topological polar surface area (TPSA) is 12.0 Å². The number of benzene rings is 1. The zero-order valence-corrected chi connectivity index (χ0v) is 11.7. The number of rotatable bonds is 6. The quantitative estimate of drug-likeness (QED) is 0.809. The Morgan fingerprint density at radius 3 is 2.50 bits per heavy atom. The number of halogens is 2. The van der Waals surface area contributed by atoms with Crippen LogP contribution in [0.25, 0.3) is 0 Å². The molecular formula is C15H23F2N. The smallest absolute Gasteiger partial charge is 0.129 e. The van der Waals surface area contributed by atoms with Crippen LogP contribution in [0.5, 0.6) is 0 Å². The zero-order chi connectivity index (χ0) is 13.8. The first-order chi connectivity index (χ1) is 8.36. The van der Waals surface area contributed by atoms with Crippen molar-refractivity contribution in [2.75, 3.05) is 6.54 Å². The lowest BCUT2D eigenvalue weighted by Crippen LogP contribution is -2.34. The molecule has 1 unspecified atom stereocenters. The highest BCUT2D eigenvalue weighted by molar-refractivity contribution is 5.26. The van der Waals surface area contributed by atoms with E-state index in [1.54, 1.807) is 6.07 Å². The van der Waals surface area contributed by atoms with Crippen LogP contribution in [0.4, 0.5) is 8.78 Å². The SMILES string of the molecule is CCCNC(C)CC(C)(C)c1ccc(F)cc1F. The molecule has 1 aromatic rings. The molecule has 3 heteroatoms. The van der Waals surface area contributed by atoms with Gasteiger partial charge in [-0.1, -0.05) is 26.8 Å². The zero-order valence-electron chi connectivity index (χ0n) is 11.7. The van der Waals surface area contributed by atoms with Crippen LogP contribution in [-0.4, -0.2) is 12.6 Å². The van der Waals surface area contributed by atoms with Crippen molar-refractivity contribution < 1.29 is 8.78 Å². The molecule has 0 radical (unpaired) electrons. The van der Waals surface area contributed by atoms with Gasteiger partial charge >= 0.3 is 0 Å². The first-order valence-electron chi connectivity index (χ1n) is 6.55. The minimum Gasteiger partial charge on any atom is -0.314 e. The van der Waals surface area contributed by atoms with Gasteiger partial charge in [0, 0.05) is 12.1 Å². The van der Waals surface area contributed by atoms with Crippen LogP contribution in [0.15, 0.2) is 18.2 Å². The Bertz CT molecular complexity index is 388. The summed E-state index contributed by atoms with van der Waals surface area (Å²) in [4.78, 5) is 0. The van der Waals surface area contributed by atoms with Crippen molar-refractivity contribution in [3.05, 3.63) is 35.4 Å². The molecule has 18 heavy (non-hydrogen) atoms. The minimum absolute atomic E-state index is 0.308. The van der Waals surface area contributed by atoms with E-state index in [1.165, 1.54) is 6.07 Å². The molecule has 1 rings (SSSR count). The molecule has 1 atom stereocenters. The maximum Gasteiger partial charge on any atom is 0.129 e. The standard InChI is InChI=1S/C15H23F2N/c1-5-8-18-11(2)10-15(3,4)13-7-6-12(16)9-14(13)17/h6-7,9,11,18H,5,8,10H2,1-4H3. The normalized spacial score (nSPS) is 13.7. The van der Waals surface area contributed by atoms with Gasteiger partial charge in [-0.2, -0.15) is 0 Å². The van der Waals surface area contributed by atoms with Crippen molar-refractivity contribution in [1.29, 1.82) is 0 Å². The molecular weight excluding hydrogens is 232 g/mol. The Balaban J connectivity index is 2.78. The van der Waals surface area contributed by atoms with E-state index in [2.05, 4.69) is 19.2 Å². The summed E-state index contributed by atoms with van der Waals surface area (Å²) in [5.74, 6) is -0.980. The molecule has 0 saturated carbocycles. The summed E-state index contributed by atoms with van der Waals surface area (Å²) in [5, 5.41) is 3.39. The summed E-state index contributed by atoms with van der Waals surface area (Å²) >= 11 is 0. The molecule has 0 saturated heterocycles. The highest BCUT2D eigenvalue weighted by Gasteiger charge is 2.26. The number of nitrogens with one attached hydrogen (secondary N) is 1. The van der Waals surface area contributed by atoms with Crippen LogP contribution in [0, 0.1) is 11.6 Å². The van der Waals surface area contributed by atoms with Crippen molar-refractivity contribution in [3.63, 3.8) is 0 Å². The molecule has 0 aromatic heterocycles. The maximum atomic E-state index is 13.8. The van der Waals surface area contributed by atoms with Crippen molar-refractivity contribution in [2.45, 2.75) is 52.0 Å². The molecule has 0 aliphatic carbocycles. The lowest BCUT2D eigenvalue weighted by molar-refractivity contribution is 0.376. The predicted octanol–water partition coefficient (Wildman–Crippen LogP) is 4.02. The first-order valence-corrected chi connectivity index (χ1v) is 6.55. The molecule has 0 fully saturated rings. The monoisotopic (exact) mass is 255 g/mol. The van der Waals surface area contributed by atoms with Gasteiger partial charge in [0.25, 0.3) is 0 Å². The average molecular weight is 255 g/mol. The van der Waals surface area contributed by atoms with E-state index in [1.807, 2.05) is 13.8 Å². The molecule has 0 aliphatic rings. The average Bonchev–Trinajstić information content (AvgIpc) is 2.25. The fourth-order valence-corrected chi connectivity index (χ4v) is 2.38. The van der Waals surface area contributed by atoms with E-state index < -0.39 is 11.6 Å². The van der Waals surface area contributed by atoms with Crippen molar-refractivity contribution in [1.82, 2.24) is 5.32 Å². The highest BCUT2D eigenvalue weighted by Crippen LogP contribution is 2.30. The van der Waals surface area contributed by atoms with E-state index in [4.69, 9.17) is 0 Å². The van der Waals surface area contributed by atoms with Crippen LogP contribution >= 0.6 is 0 Å². The van der Waals surface area contributed by atoms with Gasteiger partial charge in [0.1, 0.15) is 11.6 Å². The highest BCUT2D eigenvalue weighted by atomic mass is 19.1. The molecule has 0 bridgehead atoms. The number of hydrogen-bond acceptors (Lipinski definition) is 1. The fourth-order valence-electron chi connectivity index (χ4n) is 2.38. The van der Waals surface area contributed by atoms with Crippen LogP contribution in [0.3, 0.4) is 0 Å². The molecule has 1 N–H and O–H groups in total. The second-order valence-electron chi connectivity index (χ2n) is 5.57. The summed E-state index contributed by atoms with van der Waals surface area (Å²) in [6.45, 7) is 9.16. The molecule has 0 spiro atoms. The molecule has 102 valence electrons. The molecule has 0 aliphatic heterocycles. The van der Waals surface area contributed by atoms with Crippen molar-refractivity contribution >= 4 is 0 Å². The van der Waals surface area contributed by atoms with E-state index in [9.17, 15) is 8.78 Å². The van der Waals surface area contributed by atoms with Gasteiger partial charge in [-0.25, -0.2) is 8.78 Å². The predicted molar refractivity (Wildman–Crippen MR) is 71.8 cm³/mol. The molecule has 0 amide bonds. The van der Waals surface area contributed by atoms with Crippen LogP contribution in [0.2, 0.25) is 0 Å². The van der Waals surface area contributed by atoms with Gasteiger partial charge in [0.2, 0.25) is 0 Å². The lowest BCUT2D eigenvalue weighted by Gasteiger charge is -2.29. The van der Waals surface area contributed by atoms with E-state index in [0.717, 1.165) is 25.5 Å². The molecule has 0 heterocycles. The Morgan fingerprint density at radius 1 is 1.28 bits per heavy atom. The lowest BCUT2D eigenvalue weighted by atomic mass is 9.79. The number of hydrogen-bond donors (Lipinski definition) is 1. The Morgan fingerprint density at radius 2 is 1.94 bits per heavy atom. The summed E-state index contributed by atoms with van der Waals surface area (Å²) < 4.78 is 26.7. The molecule has 1 aromatic carbocycles. The third-order valence-electron chi connectivity index (χ3n) is 3.22. The molecule has 1 nitrogen and oxygen atoms in total. The summed E-state index contributed by atoms with van der Waals surface area (Å²) in [6.07, 6.45) is 1.89. The van der Waals surface area contributed by atoms with Crippen molar-refractivity contribution in [2.24, 2.45) is 0 Å². The van der Waals surface area contributed by atoms with E-state index in [-0.39, 0.29) is 5.41 Å². The summed E-state index contributed by atoms with van der Waals surface area (Å²) in [5.41, 5.74) is 0.270. The summed E-state index contributed by atoms with van der Waals surface area (Å²) in [7, 11) is 0. The van der Waals surface area contributed by atoms with Gasteiger partial charge in [-0.3, -0.25) is 0 Å². The van der Waals surface area contributed by atoms with Gasteiger partial charge in [-0.05, 0) is 43.4 Å². The van der Waals surface area contributed by atoms with Crippen LogP contribution in [-0.2, 0) is 5.41 Å². The van der Waals surface area contributed by atoms with E-state index in [0.29, 0.717) is 11.6 Å².